The van der Waals surface area contributed by atoms with Crippen LogP contribution in [-0.2, 0) is 0 Å². The van der Waals surface area contributed by atoms with Gasteiger partial charge in [-0.1, -0.05) is 11.2 Å². The van der Waals surface area contributed by atoms with Crippen LogP contribution >= 0.6 is 0 Å². The molecule has 0 bridgehead atoms. The van der Waals surface area contributed by atoms with E-state index in [1.54, 1.807) is 49.8 Å². The Kier molecular flexibility index (Phi) is 3.82. The molecule has 1 N–H and O–H groups in total. The number of rotatable bonds is 4. The number of pyridine rings is 1. The maximum absolute atomic E-state index is 12.2. The first-order valence-electron chi connectivity index (χ1n) is 6.59. The molecule has 1 aromatic carbocycles. The van der Waals surface area contributed by atoms with E-state index in [1.165, 1.54) is 0 Å². The predicted molar refractivity (Wildman–Crippen MR) is 80.7 cm³/mol. The molecule has 110 valence electrons. The first kappa shape index (κ1) is 13.8. The monoisotopic (exact) mass is 295 g/mol. The lowest BCUT2D eigenvalue weighted by molar-refractivity contribution is 0.102. The number of carbonyl (C=O) groups is 1. The van der Waals surface area contributed by atoms with E-state index in [4.69, 9.17) is 9.26 Å². The molecule has 0 saturated carbocycles. The summed E-state index contributed by atoms with van der Waals surface area (Å²) in [7, 11) is 1.55. The number of methoxy groups -OCH3 is 1. The average Bonchev–Trinajstić information content (AvgIpc) is 3.04. The Morgan fingerprint density at radius 1 is 1.18 bits per heavy atom. The number of amides is 1. The van der Waals surface area contributed by atoms with Crippen molar-refractivity contribution in [3.05, 3.63) is 60.4 Å². The molecule has 6 heteroatoms. The Morgan fingerprint density at radius 2 is 2.00 bits per heavy atom. The molecule has 3 aromatic rings. The molecule has 0 unspecified atom stereocenters. The van der Waals surface area contributed by atoms with Crippen molar-refractivity contribution >= 4 is 11.8 Å². The molecule has 0 atom stereocenters. The van der Waals surface area contributed by atoms with Gasteiger partial charge >= 0.3 is 0 Å². The fourth-order valence-electron chi connectivity index (χ4n) is 1.94. The van der Waals surface area contributed by atoms with Gasteiger partial charge in [0.25, 0.3) is 5.91 Å². The van der Waals surface area contributed by atoms with Crippen LogP contribution in [0.5, 0.6) is 5.75 Å². The number of nitrogens with one attached hydrogen (secondary N) is 1. The molecule has 22 heavy (non-hydrogen) atoms. The number of anilines is 1. The van der Waals surface area contributed by atoms with Crippen LogP contribution in [0.2, 0.25) is 0 Å². The van der Waals surface area contributed by atoms with E-state index in [2.05, 4.69) is 15.5 Å². The zero-order chi connectivity index (χ0) is 15.4. The van der Waals surface area contributed by atoms with E-state index in [-0.39, 0.29) is 11.8 Å². The summed E-state index contributed by atoms with van der Waals surface area (Å²) in [5.41, 5.74) is 1.96. The van der Waals surface area contributed by atoms with Gasteiger partial charge in [0, 0.05) is 29.6 Å². The number of benzene rings is 1. The third kappa shape index (κ3) is 2.95. The second-order valence-corrected chi connectivity index (χ2v) is 4.50. The number of ether oxygens (including phenoxy) is 1. The molecule has 3 rings (SSSR count). The summed E-state index contributed by atoms with van der Waals surface area (Å²) in [5.74, 6) is 0.596. The van der Waals surface area contributed by atoms with Crippen LogP contribution < -0.4 is 10.1 Å². The van der Waals surface area contributed by atoms with Crippen LogP contribution in [0.15, 0.2) is 59.4 Å². The van der Waals surface area contributed by atoms with Crippen LogP contribution in [0.25, 0.3) is 11.3 Å². The third-order valence-corrected chi connectivity index (χ3v) is 3.05. The van der Waals surface area contributed by atoms with Gasteiger partial charge in [-0.25, -0.2) is 0 Å². The van der Waals surface area contributed by atoms with Gasteiger partial charge in [0.2, 0.25) is 5.88 Å². The second-order valence-electron chi connectivity index (χ2n) is 4.50. The molecule has 1 amide bonds. The van der Waals surface area contributed by atoms with Crippen molar-refractivity contribution in [2.75, 3.05) is 12.4 Å². The van der Waals surface area contributed by atoms with Crippen molar-refractivity contribution in [3.8, 4) is 17.0 Å². The molecule has 0 radical (unpaired) electrons. The van der Waals surface area contributed by atoms with Crippen LogP contribution in [-0.4, -0.2) is 23.2 Å². The largest absolute Gasteiger partial charge is 0.497 e. The smallest absolute Gasteiger partial charge is 0.258 e. The van der Waals surface area contributed by atoms with Crippen molar-refractivity contribution in [2.24, 2.45) is 0 Å². The highest BCUT2D eigenvalue weighted by atomic mass is 16.5. The normalized spacial score (nSPS) is 10.2. The highest BCUT2D eigenvalue weighted by molar-refractivity contribution is 6.03. The van der Waals surface area contributed by atoms with Gasteiger partial charge in [0.05, 0.1) is 7.11 Å². The lowest BCUT2D eigenvalue weighted by Crippen LogP contribution is -2.11. The fraction of sp³-hybridized carbons (Fsp3) is 0.0625. The Hall–Kier alpha value is -3.15. The van der Waals surface area contributed by atoms with Crippen molar-refractivity contribution in [3.63, 3.8) is 0 Å². The maximum Gasteiger partial charge on any atom is 0.258 e. The van der Waals surface area contributed by atoms with Gasteiger partial charge in [-0.2, -0.15) is 0 Å². The van der Waals surface area contributed by atoms with Gasteiger partial charge in [0.15, 0.2) is 0 Å². The van der Waals surface area contributed by atoms with Crippen LogP contribution in [0, 0.1) is 0 Å². The van der Waals surface area contributed by atoms with Crippen molar-refractivity contribution in [1.82, 2.24) is 10.1 Å². The fourth-order valence-corrected chi connectivity index (χ4v) is 1.94. The van der Waals surface area contributed by atoms with Crippen LogP contribution in [0.1, 0.15) is 10.4 Å². The van der Waals surface area contributed by atoms with Crippen molar-refractivity contribution in [2.45, 2.75) is 0 Å². The summed E-state index contributed by atoms with van der Waals surface area (Å²) < 4.78 is 10.2. The molecule has 0 aliphatic rings. The quantitative estimate of drug-likeness (QED) is 0.800. The Bertz CT molecular complexity index is 784. The minimum atomic E-state index is -0.295. The summed E-state index contributed by atoms with van der Waals surface area (Å²) in [5, 5.41) is 6.59. The second kappa shape index (κ2) is 6.09. The SMILES string of the molecule is COc1cccc(C(=O)Nc2cc(-c3ccncc3)no2)c1. The number of carbonyl (C=O) groups excluding carboxylic acids is 1. The average molecular weight is 295 g/mol. The first-order valence-corrected chi connectivity index (χ1v) is 6.59. The minimum absolute atomic E-state index is 0.277. The summed E-state index contributed by atoms with van der Waals surface area (Å²) in [6.07, 6.45) is 3.33. The standard InChI is InChI=1S/C16H13N3O3/c1-21-13-4-2-3-12(9-13)16(20)18-15-10-14(19-22-15)11-5-7-17-8-6-11/h2-10H,1H3,(H,18,20). The van der Waals surface area contributed by atoms with Gasteiger partial charge in [0.1, 0.15) is 11.4 Å². The molecule has 0 spiro atoms. The Morgan fingerprint density at radius 3 is 2.77 bits per heavy atom. The molecule has 0 saturated heterocycles. The molecule has 2 heterocycles. The summed E-state index contributed by atoms with van der Waals surface area (Å²) >= 11 is 0. The molecular formula is C16H13N3O3. The van der Waals surface area contributed by atoms with Gasteiger partial charge in [-0.3, -0.25) is 15.1 Å². The Labute approximate surface area is 126 Å². The maximum atomic E-state index is 12.2. The van der Waals surface area contributed by atoms with Gasteiger partial charge < -0.3 is 9.26 Å². The predicted octanol–water partition coefficient (Wildman–Crippen LogP) is 3.00. The highest BCUT2D eigenvalue weighted by Crippen LogP contribution is 2.21. The van der Waals surface area contributed by atoms with E-state index in [9.17, 15) is 4.79 Å². The van der Waals surface area contributed by atoms with E-state index in [0.717, 1.165) is 5.56 Å². The minimum Gasteiger partial charge on any atom is -0.497 e. The first-order chi connectivity index (χ1) is 10.8. The van der Waals surface area contributed by atoms with E-state index in [0.29, 0.717) is 17.0 Å². The molecule has 6 nitrogen and oxygen atoms in total. The van der Waals surface area contributed by atoms with Gasteiger partial charge in [-0.05, 0) is 30.3 Å². The molecule has 0 aliphatic heterocycles. The lowest BCUT2D eigenvalue weighted by atomic mass is 10.2. The van der Waals surface area contributed by atoms with Gasteiger partial charge in [-0.15, -0.1) is 0 Å². The summed E-state index contributed by atoms with van der Waals surface area (Å²) in [6, 6.07) is 12.1. The molecule has 0 aliphatic carbocycles. The van der Waals surface area contributed by atoms with Crippen molar-refractivity contribution < 1.29 is 14.1 Å². The lowest BCUT2D eigenvalue weighted by Gasteiger charge is -2.03. The highest BCUT2D eigenvalue weighted by Gasteiger charge is 2.11. The van der Waals surface area contributed by atoms with E-state index >= 15 is 0 Å². The zero-order valence-corrected chi connectivity index (χ0v) is 11.8. The Balaban J connectivity index is 1.76. The van der Waals surface area contributed by atoms with Crippen molar-refractivity contribution in [1.29, 1.82) is 0 Å². The number of nitrogens with zero attached hydrogens (tertiary/aromatic N) is 2. The summed E-state index contributed by atoms with van der Waals surface area (Å²) in [4.78, 5) is 16.1. The summed E-state index contributed by atoms with van der Waals surface area (Å²) in [6.45, 7) is 0. The number of aromatic nitrogens is 2. The zero-order valence-electron chi connectivity index (χ0n) is 11.8. The van der Waals surface area contributed by atoms with Crippen LogP contribution in [0.4, 0.5) is 5.88 Å². The molecule has 0 fully saturated rings. The molecule has 2 aromatic heterocycles. The number of hydrogen-bond donors (Lipinski definition) is 1. The topological polar surface area (TPSA) is 77.2 Å². The molecular weight excluding hydrogens is 282 g/mol. The van der Waals surface area contributed by atoms with E-state index in [1.807, 2.05) is 12.1 Å². The van der Waals surface area contributed by atoms with Crippen LogP contribution in [0.3, 0.4) is 0 Å². The van der Waals surface area contributed by atoms with E-state index < -0.39 is 0 Å². The third-order valence-electron chi connectivity index (χ3n) is 3.05. The number of hydrogen-bond acceptors (Lipinski definition) is 5.